The second-order valence-corrected chi connectivity index (χ2v) is 4.37. The molecule has 0 amide bonds. The highest BCUT2D eigenvalue weighted by molar-refractivity contribution is 7.87. The monoisotopic (exact) mass is 246 g/mol. The maximum atomic E-state index is 11.8. The predicted octanol–water partition coefficient (Wildman–Crippen LogP) is 0.109. The largest absolute Gasteiger partial charge is 0.493 e. The van der Waals surface area contributed by atoms with Crippen LogP contribution < -0.4 is 0 Å². The Morgan fingerprint density at radius 2 is 1.46 bits per heavy atom. The van der Waals surface area contributed by atoms with Gasteiger partial charge in [0.05, 0.1) is 0 Å². The summed E-state index contributed by atoms with van der Waals surface area (Å²) < 4.78 is 87.6. The van der Waals surface area contributed by atoms with Crippen molar-refractivity contribution in [1.29, 1.82) is 0 Å². The van der Waals surface area contributed by atoms with Crippen molar-refractivity contribution in [1.82, 2.24) is 0 Å². The molecule has 0 spiro atoms. The van der Waals surface area contributed by atoms with Gasteiger partial charge in [-0.15, -0.1) is 3.89 Å². The molecule has 0 aliphatic rings. The molecule has 0 radical (unpaired) electrons. The maximum absolute atomic E-state index is 11.8. The second-order valence-electron chi connectivity index (χ2n) is 1.70. The van der Waals surface area contributed by atoms with Crippen LogP contribution in [0.1, 0.15) is 0 Å². The van der Waals surface area contributed by atoms with Crippen molar-refractivity contribution < 1.29 is 38.1 Å². The van der Waals surface area contributed by atoms with Crippen LogP contribution in [0.4, 0.5) is 16.6 Å². The Kier molecular flexibility index (Phi) is 3.27. The highest BCUT2D eigenvalue weighted by Crippen LogP contribution is 2.25. The predicted molar refractivity (Wildman–Crippen MR) is 31.0 cm³/mol. The summed E-state index contributed by atoms with van der Waals surface area (Å²) in [6, 6.07) is 0. The van der Waals surface area contributed by atoms with Crippen LogP contribution in [0.25, 0.3) is 0 Å². The van der Waals surface area contributed by atoms with E-state index in [9.17, 15) is 33.4 Å². The zero-order valence-corrected chi connectivity index (χ0v) is 7.21. The Bertz CT molecular complexity index is 367. The van der Waals surface area contributed by atoms with Gasteiger partial charge in [-0.05, 0) is 0 Å². The third kappa shape index (κ3) is 4.38. The van der Waals surface area contributed by atoms with Gasteiger partial charge in [0.1, 0.15) is 0 Å². The molecule has 0 saturated carbocycles. The minimum absolute atomic E-state index is 2.25. The molecule has 0 atom stereocenters. The highest BCUT2D eigenvalue weighted by atomic mass is 32.3. The Balaban J connectivity index is 4.57. The number of rotatable bonds is 4. The van der Waals surface area contributed by atoms with Crippen molar-refractivity contribution >= 4 is 20.4 Å². The van der Waals surface area contributed by atoms with Gasteiger partial charge in [0.25, 0.3) is 0 Å². The molecule has 0 aliphatic heterocycles. The van der Waals surface area contributed by atoms with E-state index in [1.165, 1.54) is 0 Å². The zero-order chi connectivity index (χ0) is 10.9. The van der Waals surface area contributed by atoms with Crippen LogP contribution in [0, 0.1) is 0 Å². The van der Waals surface area contributed by atoms with Crippen molar-refractivity contribution in [2.45, 2.75) is 5.44 Å². The van der Waals surface area contributed by atoms with Gasteiger partial charge >= 0.3 is 25.9 Å². The van der Waals surface area contributed by atoms with Crippen LogP contribution >= 0.6 is 0 Å². The van der Waals surface area contributed by atoms with Crippen LogP contribution in [0.2, 0.25) is 0 Å². The Morgan fingerprint density at radius 3 is 1.69 bits per heavy atom. The first-order valence-corrected chi connectivity index (χ1v) is 5.27. The third-order valence-corrected chi connectivity index (χ3v) is 1.74. The summed E-state index contributed by atoms with van der Waals surface area (Å²) in [4.78, 5) is 0. The van der Waals surface area contributed by atoms with E-state index in [0.29, 0.717) is 0 Å². The maximum Gasteiger partial charge on any atom is 0.493 e. The summed E-state index contributed by atoms with van der Waals surface area (Å²) >= 11 is 0. The Morgan fingerprint density at radius 1 is 1.08 bits per heavy atom. The van der Waals surface area contributed by atoms with Crippen LogP contribution in [0.5, 0.6) is 0 Å². The number of halogens is 4. The van der Waals surface area contributed by atoms with Crippen molar-refractivity contribution in [3.8, 4) is 0 Å². The zero-order valence-electron chi connectivity index (χ0n) is 5.58. The standard InChI is InChI=1S/C2H2F4O5S2/c3-2(4,13(6,9)10)11-1-12(5,7)8/h1H2. The van der Waals surface area contributed by atoms with E-state index >= 15 is 0 Å². The van der Waals surface area contributed by atoms with Gasteiger partial charge in [0, 0.05) is 0 Å². The summed E-state index contributed by atoms with van der Waals surface area (Å²) in [5.74, 6) is -2.25. The normalized spacial score (nSPS) is 14.5. The lowest BCUT2D eigenvalue weighted by molar-refractivity contribution is -0.159. The summed E-state index contributed by atoms with van der Waals surface area (Å²) in [7, 11) is -11.9. The van der Waals surface area contributed by atoms with Crippen molar-refractivity contribution in [3.63, 3.8) is 0 Å². The molecule has 0 fully saturated rings. The van der Waals surface area contributed by atoms with Crippen molar-refractivity contribution in [2.24, 2.45) is 0 Å². The van der Waals surface area contributed by atoms with E-state index in [1.807, 2.05) is 0 Å². The SMILES string of the molecule is O=S(=O)(F)COC(F)(F)S(=O)(=O)F. The second kappa shape index (κ2) is 3.38. The van der Waals surface area contributed by atoms with E-state index < -0.39 is 31.8 Å². The van der Waals surface area contributed by atoms with Gasteiger partial charge in [0.2, 0.25) is 0 Å². The average Bonchev–Trinajstić information content (AvgIpc) is 1.79. The number of hydrogen-bond donors (Lipinski definition) is 0. The molecule has 0 heterocycles. The average molecular weight is 246 g/mol. The summed E-state index contributed by atoms with van der Waals surface area (Å²) in [5.41, 5.74) is -5.37. The minimum atomic E-state index is -6.41. The summed E-state index contributed by atoms with van der Waals surface area (Å²) in [5, 5.41) is 0. The fraction of sp³-hybridized carbons (Fsp3) is 1.00. The van der Waals surface area contributed by atoms with Gasteiger partial charge in [-0.3, -0.25) is 4.74 Å². The molecule has 11 heteroatoms. The van der Waals surface area contributed by atoms with Crippen molar-refractivity contribution in [3.05, 3.63) is 0 Å². The van der Waals surface area contributed by atoms with Crippen molar-refractivity contribution in [2.75, 3.05) is 5.94 Å². The fourth-order valence-corrected chi connectivity index (χ4v) is 0.772. The molecule has 0 aromatic rings. The molecule has 80 valence electrons. The van der Waals surface area contributed by atoms with Crippen LogP contribution in [0.15, 0.2) is 0 Å². The molecular formula is C2H2F4O5S2. The first-order valence-electron chi connectivity index (χ1n) is 2.34. The first kappa shape index (κ1) is 12.6. The molecular weight excluding hydrogens is 244 g/mol. The Labute approximate surface area is 70.7 Å². The van der Waals surface area contributed by atoms with Gasteiger partial charge in [0.15, 0.2) is 5.94 Å². The summed E-state index contributed by atoms with van der Waals surface area (Å²) in [6.07, 6.45) is 0. The van der Waals surface area contributed by atoms with Gasteiger partial charge in [-0.25, -0.2) is 0 Å². The quantitative estimate of drug-likeness (QED) is 0.519. The number of ether oxygens (including phenoxy) is 1. The third-order valence-electron chi connectivity index (χ3n) is 0.652. The summed E-state index contributed by atoms with van der Waals surface area (Å²) in [6.45, 7) is 0. The molecule has 0 aromatic heterocycles. The molecule has 0 aromatic carbocycles. The Hall–Kier alpha value is -0.420. The van der Waals surface area contributed by atoms with Crippen LogP contribution in [0.3, 0.4) is 0 Å². The van der Waals surface area contributed by atoms with Gasteiger partial charge in [-0.1, -0.05) is 3.89 Å². The first-order chi connectivity index (χ1) is 5.46. The molecule has 0 unspecified atom stereocenters. The van der Waals surface area contributed by atoms with E-state index in [-0.39, 0.29) is 0 Å². The topological polar surface area (TPSA) is 77.5 Å². The molecule has 0 N–H and O–H groups in total. The molecule has 0 rings (SSSR count). The molecule has 13 heavy (non-hydrogen) atoms. The van der Waals surface area contributed by atoms with E-state index in [0.717, 1.165) is 0 Å². The number of alkyl halides is 2. The van der Waals surface area contributed by atoms with Crippen LogP contribution in [-0.4, -0.2) is 28.2 Å². The van der Waals surface area contributed by atoms with Gasteiger partial charge < -0.3 is 0 Å². The number of hydrogen-bond acceptors (Lipinski definition) is 5. The minimum Gasteiger partial charge on any atom is -0.286 e. The smallest absolute Gasteiger partial charge is 0.286 e. The highest BCUT2D eigenvalue weighted by Gasteiger charge is 2.48. The fourth-order valence-electron chi connectivity index (χ4n) is 0.209. The molecule has 5 nitrogen and oxygen atoms in total. The molecule has 0 saturated heterocycles. The lowest BCUT2D eigenvalue weighted by Crippen LogP contribution is -2.30. The molecule has 0 aliphatic carbocycles. The van der Waals surface area contributed by atoms with Crippen LogP contribution in [-0.2, 0) is 25.2 Å². The van der Waals surface area contributed by atoms with E-state index in [2.05, 4.69) is 4.74 Å². The lowest BCUT2D eigenvalue weighted by atomic mass is 11.4. The van der Waals surface area contributed by atoms with E-state index in [1.54, 1.807) is 0 Å². The van der Waals surface area contributed by atoms with E-state index in [4.69, 9.17) is 0 Å². The van der Waals surface area contributed by atoms with Gasteiger partial charge in [-0.2, -0.15) is 25.6 Å². The lowest BCUT2D eigenvalue weighted by Gasteiger charge is -2.09. The molecule has 0 bridgehead atoms.